The third-order valence-corrected chi connectivity index (χ3v) is 6.64. The number of Topliss-reactive ketones (excluding diaryl/α,β-unsaturated/α-hetero) is 1. The standard InChI is InChI=1S/C27H24Cl2N2O7/c1-35-19-11-14(12-20(36-2)26(19)38-4)22-21(23(32)15-9-17(28)25(37-3)18(29)10-15)24(33)27(34)31(22)13-16-7-5-6-8-30-16/h5-12,22,32H,13H2,1-4H3/b23-21+. The highest BCUT2D eigenvalue weighted by molar-refractivity contribution is 6.46. The number of aromatic nitrogens is 1. The van der Waals surface area contributed by atoms with Crippen LogP contribution in [-0.4, -0.2) is 55.1 Å². The summed E-state index contributed by atoms with van der Waals surface area (Å²) in [6.45, 7) is -0.00630. The van der Waals surface area contributed by atoms with Crippen molar-refractivity contribution in [3.8, 4) is 23.0 Å². The molecule has 0 saturated carbocycles. The Morgan fingerprint density at radius 2 is 1.53 bits per heavy atom. The largest absolute Gasteiger partial charge is 0.507 e. The summed E-state index contributed by atoms with van der Waals surface area (Å²) in [5.74, 6) is -1.02. The van der Waals surface area contributed by atoms with Gasteiger partial charge in [0.1, 0.15) is 5.76 Å². The predicted octanol–water partition coefficient (Wildman–Crippen LogP) is 5.04. The minimum Gasteiger partial charge on any atom is -0.507 e. The highest BCUT2D eigenvalue weighted by Crippen LogP contribution is 2.46. The lowest BCUT2D eigenvalue weighted by Crippen LogP contribution is -2.29. The van der Waals surface area contributed by atoms with Gasteiger partial charge in [-0.05, 0) is 42.0 Å². The molecule has 1 saturated heterocycles. The van der Waals surface area contributed by atoms with Crippen LogP contribution in [0.4, 0.5) is 0 Å². The van der Waals surface area contributed by atoms with Crippen LogP contribution in [0.2, 0.25) is 10.0 Å². The van der Waals surface area contributed by atoms with Crippen molar-refractivity contribution in [1.82, 2.24) is 9.88 Å². The molecule has 1 atom stereocenters. The Balaban J connectivity index is 1.97. The van der Waals surface area contributed by atoms with Crippen molar-refractivity contribution in [3.63, 3.8) is 0 Å². The van der Waals surface area contributed by atoms with Crippen molar-refractivity contribution in [3.05, 3.63) is 81.1 Å². The molecule has 1 unspecified atom stereocenters. The molecule has 1 amide bonds. The van der Waals surface area contributed by atoms with Crippen LogP contribution >= 0.6 is 23.2 Å². The van der Waals surface area contributed by atoms with Crippen molar-refractivity contribution in [2.45, 2.75) is 12.6 Å². The van der Waals surface area contributed by atoms with Crippen LogP contribution in [0.25, 0.3) is 5.76 Å². The highest BCUT2D eigenvalue weighted by atomic mass is 35.5. The third kappa shape index (κ3) is 4.82. The highest BCUT2D eigenvalue weighted by Gasteiger charge is 2.47. The first kappa shape index (κ1) is 27.1. The number of rotatable bonds is 8. The molecule has 38 heavy (non-hydrogen) atoms. The van der Waals surface area contributed by atoms with E-state index in [1.54, 1.807) is 36.5 Å². The van der Waals surface area contributed by atoms with Gasteiger partial charge >= 0.3 is 0 Å². The second kappa shape index (κ2) is 11.2. The number of ether oxygens (including phenoxy) is 4. The van der Waals surface area contributed by atoms with E-state index in [0.717, 1.165) is 0 Å². The number of nitrogens with zero attached hydrogens (tertiary/aromatic N) is 2. The molecule has 1 aliphatic heterocycles. The van der Waals surface area contributed by atoms with E-state index >= 15 is 0 Å². The number of methoxy groups -OCH3 is 4. The monoisotopic (exact) mass is 558 g/mol. The Morgan fingerprint density at radius 3 is 2.03 bits per heavy atom. The SMILES string of the molecule is COc1cc(C2/C(=C(\O)c3cc(Cl)c(OC)c(Cl)c3)C(=O)C(=O)N2Cc2ccccn2)cc(OC)c1OC. The summed E-state index contributed by atoms with van der Waals surface area (Å²) >= 11 is 12.6. The molecule has 1 aromatic heterocycles. The van der Waals surface area contributed by atoms with E-state index in [0.29, 0.717) is 28.5 Å². The van der Waals surface area contributed by atoms with Gasteiger partial charge in [0.05, 0.1) is 62.3 Å². The summed E-state index contributed by atoms with van der Waals surface area (Å²) in [5, 5.41) is 11.6. The van der Waals surface area contributed by atoms with E-state index in [1.165, 1.54) is 45.5 Å². The molecule has 11 heteroatoms. The lowest BCUT2D eigenvalue weighted by molar-refractivity contribution is -0.140. The van der Waals surface area contributed by atoms with E-state index in [2.05, 4.69) is 4.98 Å². The van der Waals surface area contributed by atoms with Crippen LogP contribution in [-0.2, 0) is 16.1 Å². The number of hydrogen-bond donors (Lipinski definition) is 1. The molecule has 198 valence electrons. The second-order valence-electron chi connectivity index (χ2n) is 8.18. The first-order valence-corrected chi connectivity index (χ1v) is 12.0. The summed E-state index contributed by atoms with van der Waals surface area (Å²) in [5.41, 5.74) is 0.941. The van der Waals surface area contributed by atoms with Gasteiger partial charge in [-0.1, -0.05) is 29.3 Å². The average molecular weight is 559 g/mol. The van der Waals surface area contributed by atoms with Gasteiger partial charge < -0.3 is 29.0 Å². The number of ketones is 1. The summed E-state index contributed by atoms with van der Waals surface area (Å²) in [4.78, 5) is 32.4. The smallest absolute Gasteiger partial charge is 0.296 e. The quantitative estimate of drug-likeness (QED) is 0.232. The zero-order valence-electron chi connectivity index (χ0n) is 21.0. The molecule has 0 aliphatic carbocycles. The molecule has 2 heterocycles. The number of likely N-dealkylation sites (tertiary alicyclic amines) is 1. The molecule has 0 spiro atoms. The van der Waals surface area contributed by atoms with Crippen LogP contribution in [0, 0.1) is 0 Å². The van der Waals surface area contributed by atoms with Gasteiger partial charge in [0.25, 0.3) is 11.7 Å². The Morgan fingerprint density at radius 1 is 0.921 bits per heavy atom. The average Bonchev–Trinajstić information content (AvgIpc) is 3.17. The van der Waals surface area contributed by atoms with E-state index in [1.807, 2.05) is 0 Å². The molecule has 1 fully saturated rings. The third-order valence-electron chi connectivity index (χ3n) is 6.08. The fraction of sp³-hybridized carbons (Fsp3) is 0.222. The molecule has 1 N–H and O–H groups in total. The van der Waals surface area contributed by atoms with Gasteiger partial charge in [0.2, 0.25) is 5.75 Å². The van der Waals surface area contributed by atoms with Gasteiger partial charge in [0, 0.05) is 11.8 Å². The Kier molecular flexibility index (Phi) is 7.99. The first-order valence-electron chi connectivity index (χ1n) is 11.3. The number of aliphatic hydroxyl groups excluding tert-OH is 1. The lowest BCUT2D eigenvalue weighted by atomic mass is 9.94. The Hall–Kier alpha value is -3.95. The van der Waals surface area contributed by atoms with Crippen LogP contribution < -0.4 is 18.9 Å². The van der Waals surface area contributed by atoms with Crippen molar-refractivity contribution >= 4 is 40.7 Å². The van der Waals surface area contributed by atoms with Crippen LogP contribution in [0.15, 0.2) is 54.2 Å². The maximum absolute atomic E-state index is 13.4. The molecular weight excluding hydrogens is 535 g/mol. The van der Waals surface area contributed by atoms with E-state index in [9.17, 15) is 14.7 Å². The molecule has 1 aliphatic rings. The first-order chi connectivity index (χ1) is 18.2. The van der Waals surface area contributed by atoms with Gasteiger partial charge in [-0.25, -0.2) is 0 Å². The maximum Gasteiger partial charge on any atom is 0.296 e. The zero-order chi connectivity index (χ0) is 27.6. The molecule has 2 aromatic carbocycles. The second-order valence-corrected chi connectivity index (χ2v) is 8.99. The predicted molar refractivity (Wildman–Crippen MR) is 141 cm³/mol. The normalized spacial score (nSPS) is 16.5. The van der Waals surface area contributed by atoms with Gasteiger partial charge in [0.15, 0.2) is 17.2 Å². The fourth-order valence-electron chi connectivity index (χ4n) is 4.36. The maximum atomic E-state index is 13.4. The van der Waals surface area contributed by atoms with Gasteiger partial charge in [-0.2, -0.15) is 0 Å². The summed E-state index contributed by atoms with van der Waals surface area (Å²) in [7, 11) is 5.77. The topological polar surface area (TPSA) is 107 Å². The Bertz CT molecular complexity index is 1380. The number of halogens is 2. The minimum absolute atomic E-state index is 0.00630. The van der Waals surface area contributed by atoms with Crippen molar-refractivity contribution < 1.29 is 33.6 Å². The van der Waals surface area contributed by atoms with Gasteiger partial charge in [-0.3, -0.25) is 14.6 Å². The molecule has 3 aromatic rings. The van der Waals surface area contributed by atoms with Crippen molar-refractivity contribution in [2.24, 2.45) is 0 Å². The zero-order valence-corrected chi connectivity index (χ0v) is 22.5. The van der Waals surface area contributed by atoms with E-state index in [4.69, 9.17) is 42.1 Å². The van der Waals surface area contributed by atoms with Crippen molar-refractivity contribution in [2.75, 3.05) is 28.4 Å². The van der Waals surface area contributed by atoms with Crippen LogP contribution in [0.1, 0.15) is 22.9 Å². The summed E-state index contributed by atoms with van der Waals surface area (Å²) in [6.07, 6.45) is 1.59. The minimum atomic E-state index is -1.04. The van der Waals surface area contributed by atoms with E-state index < -0.39 is 23.5 Å². The molecule has 0 radical (unpaired) electrons. The number of carbonyl (C=O) groups excluding carboxylic acids is 2. The number of benzene rings is 2. The molecule has 4 rings (SSSR count). The lowest BCUT2D eigenvalue weighted by Gasteiger charge is -2.26. The number of hydrogen-bond acceptors (Lipinski definition) is 8. The van der Waals surface area contributed by atoms with Crippen LogP contribution in [0.5, 0.6) is 23.0 Å². The summed E-state index contributed by atoms with van der Waals surface area (Å²) < 4.78 is 21.6. The molecule has 0 bridgehead atoms. The molecular formula is C27H24Cl2N2O7. The fourth-order valence-corrected chi connectivity index (χ4v) is 5.00. The molecule has 9 nitrogen and oxygen atoms in total. The van der Waals surface area contributed by atoms with Crippen LogP contribution in [0.3, 0.4) is 0 Å². The number of aliphatic hydroxyl groups is 1. The Labute approximate surface area is 229 Å². The number of amides is 1. The number of carbonyl (C=O) groups is 2. The van der Waals surface area contributed by atoms with E-state index in [-0.39, 0.29) is 33.5 Å². The van der Waals surface area contributed by atoms with Crippen molar-refractivity contribution in [1.29, 1.82) is 0 Å². The van der Waals surface area contributed by atoms with Gasteiger partial charge in [-0.15, -0.1) is 0 Å². The number of pyridine rings is 1. The summed E-state index contributed by atoms with van der Waals surface area (Å²) in [6, 6.07) is 10.2.